The second kappa shape index (κ2) is 7.42. The third-order valence-corrected chi connectivity index (χ3v) is 4.72. The number of para-hydroxylation sites is 1. The van der Waals surface area contributed by atoms with E-state index in [2.05, 4.69) is 45.5 Å². The molecule has 0 bridgehead atoms. The Bertz CT molecular complexity index is 915. The molecule has 4 rings (SSSR count). The van der Waals surface area contributed by atoms with Gasteiger partial charge in [-0.3, -0.25) is 4.98 Å². The predicted octanol–water partition coefficient (Wildman–Crippen LogP) is 4.29. The molecule has 0 aliphatic heterocycles. The average Bonchev–Trinajstić information content (AvgIpc) is 3.33. The molecule has 0 aliphatic rings. The number of nitrogens with one attached hydrogen (secondary N) is 1. The number of aromatic nitrogens is 3. The Hall–Kier alpha value is -2.76. The van der Waals surface area contributed by atoms with Crippen molar-refractivity contribution in [3.63, 3.8) is 0 Å². The number of pyridine rings is 1. The molecule has 124 valence electrons. The Morgan fingerprint density at radius 2 is 1.80 bits per heavy atom. The van der Waals surface area contributed by atoms with Gasteiger partial charge in [0.1, 0.15) is 0 Å². The van der Waals surface area contributed by atoms with Crippen molar-refractivity contribution < 1.29 is 0 Å². The predicted molar refractivity (Wildman–Crippen MR) is 102 cm³/mol. The molecule has 0 spiro atoms. The van der Waals surface area contributed by atoms with Crippen LogP contribution in [0.2, 0.25) is 0 Å². The van der Waals surface area contributed by atoms with Crippen molar-refractivity contribution in [2.45, 2.75) is 13.1 Å². The zero-order valence-electron chi connectivity index (χ0n) is 13.7. The van der Waals surface area contributed by atoms with Crippen molar-refractivity contribution >= 4 is 11.3 Å². The molecule has 25 heavy (non-hydrogen) atoms. The molecule has 1 N–H and O–H groups in total. The second-order valence-electron chi connectivity index (χ2n) is 5.75. The van der Waals surface area contributed by atoms with Crippen LogP contribution in [0.4, 0.5) is 0 Å². The van der Waals surface area contributed by atoms with Gasteiger partial charge in [-0.1, -0.05) is 18.2 Å². The van der Waals surface area contributed by atoms with Crippen LogP contribution in [0.5, 0.6) is 0 Å². The minimum atomic E-state index is 0.764. The maximum absolute atomic E-state index is 4.82. The number of hydrogen-bond donors (Lipinski definition) is 1. The summed E-state index contributed by atoms with van der Waals surface area (Å²) >= 11 is 1.72. The third kappa shape index (κ3) is 3.68. The van der Waals surface area contributed by atoms with E-state index in [4.69, 9.17) is 5.10 Å². The van der Waals surface area contributed by atoms with Crippen molar-refractivity contribution in [1.82, 2.24) is 20.1 Å². The van der Waals surface area contributed by atoms with Crippen LogP contribution in [-0.2, 0) is 13.1 Å². The van der Waals surface area contributed by atoms with Crippen LogP contribution in [0.1, 0.15) is 11.1 Å². The lowest BCUT2D eigenvalue weighted by atomic mass is 10.1. The molecule has 3 heterocycles. The van der Waals surface area contributed by atoms with Gasteiger partial charge >= 0.3 is 0 Å². The molecule has 0 unspecified atom stereocenters. The summed E-state index contributed by atoms with van der Waals surface area (Å²) in [5.41, 5.74) is 5.61. The van der Waals surface area contributed by atoms with Crippen molar-refractivity contribution in [1.29, 1.82) is 0 Å². The first-order valence-corrected chi connectivity index (χ1v) is 9.10. The standard InChI is InChI=1S/C20H18N4S/c1-2-4-19(5-3-1)24-14-18(13-22-12-16-8-11-25-15-16)20(23-24)17-6-9-21-10-7-17/h1-11,14-15,22H,12-13H2. The average molecular weight is 346 g/mol. The molecule has 0 saturated carbocycles. The topological polar surface area (TPSA) is 42.7 Å². The fourth-order valence-electron chi connectivity index (χ4n) is 2.74. The van der Waals surface area contributed by atoms with Crippen LogP contribution < -0.4 is 5.32 Å². The van der Waals surface area contributed by atoms with Gasteiger partial charge < -0.3 is 5.32 Å². The van der Waals surface area contributed by atoms with E-state index < -0.39 is 0 Å². The van der Waals surface area contributed by atoms with Crippen LogP contribution >= 0.6 is 11.3 Å². The summed E-state index contributed by atoms with van der Waals surface area (Å²) < 4.78 is 1.94. The Morgan fingerprint density at radius 3 is 2.56 bits per heavy atom. The third-order valence-electron chi connectivity index (χ3n) is 3.99. The molecule has 0 fully saturated rings. The molecule has 0 radical (unpaired) electrons. The summed E-state index contributed by atoms with van der Waals surface area (Å²) in [7, 11) is 0. The van der Waals surface area contributed by atoms with E-state index in [1.54, 1.807) is 23.7 Å². The highest BCUT2D eigenvalue weighted by Crippen LogP contribution is 2.23. The van der Waals surface area contributed by atoms with Gasteiger partial charge in [-0.25, -0.2) is 4.68 Å². The lowest BCUT2D eigenvalue weighted by Crippen LogP contribution is -2.12. The number of thiophene rings is 1. The van der Waals surface area contributed by atoms with E-state index in [9.17, 15) is 0 Å². The molecular formula is C20H18N4S. The number of rotatable bonds is 6. The van der Waals surface area contributed by atoms with Crippen LogP contribution in [0.3, 0.4) is 0 Å². The van der Waals surface area contributed by atoms with E-state index in [0.717, 1.165) is 30.0 Å². The van der Waals surface area contributed by atoms with Gasteiger partial charge in [0, 0.05) is 42.8 Å². The summed E-state index contributed by atoms with van der Waals surface area (Å²) in [4.78, 5) is 4.11. The summed E-state index contributed by atoms with van der Waals surface area (Å²) in [5, 5.41) is 12.6. The molecule has 0 amide bonds. The smallest absolute Gasteiger partial charge is 0.0973 e. The largest absolute Gasteiger partial charge is 0.308 e. The summed E-state index contributed by atoms with van der Waals surface area (Å²) in [5.74, 6) is 0. The highest BCUT2D eigenvalue weighted by Gasteiger charge is 2.12. The molecular weight excluding hydrogens is 328 g/mol. The first kappa shape index (κ1) is 15.7. The molecule has 0 saturated heterocycles. The summed E-state index contributed by atoms with van der Waals surface area (Å²) in [6, 6.07) is 16.3. The van der Waals surface area contributed by atoms with E-state index in [1.807, 2.05) is 35.0 Å². The number of hydrogen-bond acceptors (Lipinski definition) is 4. The molecule has 4 nitrogen and oxygen atoms in total. The van der Waals surface area contributed by atoms with E-state index in [-0.39, 0.29) is 0 Å². The van der Waals surface area contributed by atoms with Crippen LogP contribution in [-0.4, -0.2) is 14.8 Å². The molecule has 0 aliphatic carbocycles. The SMILES string of the molecule is c1ccc(-n2cc(CNCc3ccsc3)c(-c3ccncc3)n2)cc1. The van der Waals surface area contributed by atoms with Crippen molar-refractivity contribution in [2.24, 2.45) is 0 Å². The normalized spacial score (nSPS) is 10.9. The number of nitrogens with zero attached hydrogens (tertiary/aromatic N) is 3. The second-order valence-corrected chi connectivity index (χ2v) is 6.53. The maximum atomic E-state index is 4.82. The van der Waals surface area contributed by atoms with E-state index >= 15 is 0 Å². The van der Waals surface area contributed by atoms with Crippen molar-refractivity contribution in [3.8, 4) is 16.9 Å². The highest BCUT2D eigenvalue weighted by atomic mass is 32.1. The first-order valence-electron chi connectivity index (χ1n) is 8.16. The van der Waals surface area contributed by atoms with E-state index in [0.29, 0.717) is 0 Å². The van der Waals surface area contributed by atoms with Gasteiger partial charge in [0.2, 0.25) is 0 Å². The summed E-state index contributed by atoms with van der Waals surface area (Å²) in [6.07, 6.45) is 5.71. The lowest BCUT2D eigenvalue weighted by Gasteiger charge is -2.04. The Labute approximate surface area is 150 Å². The van der Waals surface area contributed by atoms with Gasteiger partial charge in [0.05, 0.1) is 11.4 Å². The number of benzene rings is 1. The van der Waals surface area contributed by atoms with Crippen molar-refractivity contribution in [2.75, 3.05) is 0 Å². The van der Waals surface area contributed by atoms with Crippen LogP contribution in [0, 0.1) is 0 Å². The van der Waals surface area contributed by atoms with E-state index in [1.165, 1.54) is 11.1 Å². The Kier molecular flexibility index (Phi) is 4.68. The molecule has 1 aromatic carbocycles. The van der Waals surface area contributed by atoms with Crippen LogP contribution in [0.15, 0.2) is 77.9 Å². The fourth-order valence-corrected chi connectivity index (χ4v) is 3.41. The monoisotopic (exact) mass is 346 g/mol. The minimum absolute atomic E-state index is 0.764. The highest BCUT2D eigenvalue weighted by molar-refractivity contribution is 7.07. The fraction of sp³-hybridized carbons (Fsp3) is 0.100. The zero-order chi connectivity index (χ0) is 16.9. The zero-order valence-corrected chi connectivity index (χ0v) is 14.5. The summed E-state index contributed by atoms with van der Waals surface area (Å²) in [6.45, 7) is 1.62. The Morgan fingerprint density at radius 1 is 0.960 bits per heavy atom. The van der Waals surface area contributed by atoms with Gasteiger partial charge in [0.15, 0.2) is 0 Å². The van der Waals surface area contributed by atoms with Crippen molar-refractivity contribution in [3.05, 3.63) is 89.0 Å². The Balaban J connectivity index is 1.62. The lowest BCUT2D eigenvalue weighted by molar-refractivity contribution is 0.695. The molecule has 0 atom stereocenters. The van der Waals surface area contributed by atoms with Gasteiger partial charge in [-0.15, -0.1) is 0 Å². The van der Waals surface area contributed by atoms with Crippen LogP contribution in [0.25, 0.3) is 16.9 Å². The van der Waals surface area contributed by atoms with Gasteiger partial charge in [-0.2, -0.15) is 16.4 Å². The van der Waals surface area contributed by atoms with Gasteiger partial charge in [0.25, 0.3) is 0 Å². The molecule has 4 aromatic rings. The maximum Gasteiger partial charge on any atom is 0.0973 e. The first-order chi connectivity index (χ1) is 12.4. The molecule has 5 heteroatoms. The quantitative estimate of drug-likeness (QED) is 0.566. The minimum Gasteiger partial charge on any atom is -0.308 e. The van der Waals surface area contributed by atoms with Gasteiger partial charge in [-0.05, 0) is 46.7 Å². The molecule has 3 aromatic heterocycles.